The summed E-state index contributed by atoms with van der Waals surface area (Å²) in [5.74, 6) is -1.33. The van der Waals surface area contributed by atoms with Crippen LogP contribution in [0.2, 0.25) is 0 Å². The molecule has 16 heavy (non-hydrogen) atoms. The third kappa shape index (κ3) is 1.45. The fourth-order valence-electron chi connectivity index (χ4n) is 1.96. The van der Waals surface area contributed by atoms with Gasteiger partial charge in [-0.25, -0.2) is 4.39 Å². The van der Waals surface area contributed by atoms with E-state index in [9.17, 15) is 9.18 Å². The highest BCUT2D eigenvalue weighted by atomic mass is 19.1. The van der Waals surface area contributed by atoms with E-state index >= 15 is 0 Å². The van der Waals surface area contributed by atoms with Crippen molar-refractivity contribution in [2.45, 2.75) is 19.8 Å². The van der Waals surface area contributed by atoms with Crippen molar-refractivity contribution < 1.29 is 19.0 Å². The van der Waals surface area contributed by atoms with Gasteiger partial charge in [-0.3, -0.25) is 4.79 Å². The summed E-state index contributed by atoms with van der Waals surface area (Å²) in [5.41, 5.74) is -0.650. The van der Waals surface area contributed by atoms with E-state index in [4.69, 9.17) is 9.84 Å². The van der Waals surface area contributed by atoms with Crippen LogP contribution in [0.1, 0.15) is 25.3 Å². The van der Waals surface area contributed by atoms with Crippen LogP contribution in [0.15, 0.2) is 18.2 Å². The minimum absolute atomic E-state index is 0.218. The number of rotatable bonds is 2. The van der Waals surface area contributed by atoms with Crippen molar-refractivity contribution in [3.63, 3.8) is 0 Å². The summed E-state index contributed by atoms with van der Waals surface area (Å²) in [6.07, 6.45) is 0. The highest BCUT2D eigenvalue weighted by molar-refractivity contribution is 5.75. The molecular weight excluding hydrogens is 211 g/mol. The second-order valence-electron chi connectivity index (χ2n) is 4.54. The average Bonchev–Trinajstić information content (AvgIpc) is 2.63. The number of fused-ring (bicyclic) bond motifs is 1. The van der Waals surface area contributed by atoms with Crippen molar-refractivity contribution in [2.24, 2.45) is 5.41 Å². The smallest absolute Gasteiger partial charge is 0.309 e. The van der Waals surface area contributed by atoms with Crippen LogP contribution in [0.3, 0.4) is 0 Å². The van der Waals surface area contributed by atoms with E-state index in [-0.39, 0.29) is 6.61 Å². The highest BCUT2D eigenvalue weighted by Crippen LogP contribution is 2.45. The Bertz CT molecular complexity index is 440. The van der Waals surface area contributed by atoms with Gasteiger partial charge in [0, 0.05) is 11.5 Å². The highest BCUT2D eigenvalue weighted by Gasteiger charge is 2.44. The molecule has 1 unspecified atom stereocenters. The molecule has 1 aromatic rings. The van der Waals surface area contributed by atoms with E-state index in [1.54, 1.807) is 26.0 Å². The quantitative estimate of drug-likeness (QED) is 0.839. The zero-order chi connectivity index (χ0) is 11.9. The van der Waals surface area contributed by atoms with E-state index < -0.39 is 23.1 Å². The van der Waals surface area contributed by atoms with Gasteiger partial charge in [-0.1, -0.05) is 6.07 Å². The van der Waals surface area contributed by atoms with E-state index in [1.165, 1.54) is 6.07 Å². The van der Waals surface area contributed by atoms with Crippen LogP contribution >= 0.6 is 0 Å². The molecule has 0 radical (unpaired) electrons. The average molecular weight is 224 g/mol. The molecular formula is C12H13FO3. The standard InChI is InChI=1S/C12H13FO3/c1-12(2,11(14)15)7-6-16-9-5-3-4-8(13)10(7)9/h3-5,7H,6H2,1-2H3,(H,14,15). The van der Waals surface area contributed by atoms with Crippen LogP contribution in [-0.2, 0) is 4.79 Å². The summed E-state index contributed by atoms with van der Waals surface area (Å²) in [6, 6.07) is 4.55. The first kappa shape index (κ1) is 10.9. The largest absolute Gasteiger partial charge is 0.493 e. The number of carbonyl (C=O) groups is 1. The summed E-state index contributed by atoms with van der Waals surface area (Å²) in [5, 5.41) is 9.14. The van der Waals surface area contributed by atoms with Gasteiger partial charge in [0.25, 0.3) is 0 Å². The van der Waals surface area contributed by atoms with Crippen molar-refractivity contribution in [2.75, 3.05) is 6.61 Å². The lowest BCUT2D eigenvalue weighted by Crippen LogP contribution is -2.32. The SMILES string of the molecule is CC(C)(C(=O)O)C1COc2cccc(F)c21. The molecule has 4 heteroatoms. The van der Waals surface area contributed by atoms with Gasteiger partial charge in [-0.05, 0) is 26.0 Å². The minimum Gasteiger partial charge on any atom is -0.493 e. The molecule has 1 aromatic carbocycles. The predicted molar refractivity (Wildman–Crippen MR) is 56.1 cm³/mol. The van der Waals surface area contributed by atoms with Crippen molar-refractivity contribution in [3.05, 3.63) is 29.6 Å². The Morgan fingerprint density at radius 2 is 2.25 bits per heavy atom. The molecule has 1 aliphatic heterocycles. The second-order valence-corrected chi connectivity index (χ2v) is 4.54. The van der Waals surface area contributed by atoms with Gasteiger partial charge >= 0.3 is 5.97 Å². The second kappa shape index (κ2) is 3.47. The molecule has 86 valence electrons. The van der Waals surface area contributed by atoms with Gasteiger partial charge in [0.15, 0.2) is 0 Å². The molecule has 1 aliphatic rings. The lowest BCUT2D eigenvalue weighted by atomic mass is 9.76. The summed E-state index contributed by atoms with van der Waals surface area (Å²) in [7, 11) is 0. The van der Waals surface area contributed by atoms with Crippen LogP contribution in [0, 0.1) is 11.2 Å². The molecule has 0 fully saturated rings. The molecule has 1 atom stereocenters. The normalized spacial score (nSPS) is 19.1. The van der Waals surface area contributed by atoms with Crippen molar-refractivity contribution in [1.82, 2.24) is 0 Å². The van der Waals surface area contributed by atoms with Crippen molar-refractivity contribution >= 4 is 5.97 Å². The topological polar surface area (TPSA) is 46.5 Å². The van der Waals surface area contributed by atoms with Crippen LogP contribution in [0.5, 0.6) is 5.75 Å². The van der Waals surface area contributed by atoms with Crippen LogP contribution in [-0.4, -0.2) is 17.7 Å². The Labute approximate surface area is 92.9 Å². The fourth-order valence-corrected chi connectivity index (χ4v) is 1.96. The van der Waals surface area contributed by atoms with Crippen LogP contribution in [0.4, 0.5) is 4.39 Å². The third-order valence-corrected chi connectivity index (χ3v) is 3.19. The van der Waals surface area contributed by atoms with Gasteiger partial charge in [0.1, 0.15) is 11.6 Å². The summed E-state index contributed by atoms with van der Waals surface area (Å²) < 4.78 is 19.0. The molecule has 0 saturated carbocycles. The van der Waals surface area contributed by atoms with Gasteiger partial charge in [-0.2, -0.15) is 0 Å². The number of carboxylic acid groups (broad SMARTS) is 1. The third-order valence-electron chi connectivity index (χ3n) is 3.19. The summed E-state index contributed by atoms with van der Waals surface area (Å²) >= 11 is 0. The predicted octanol–water partition coefficient (Wildman–Crippen LogP) is 2.41. The Morgan fingerprint density at radius 3 is 2.88 bits per heavy atom. The van der Waals surface area contributed by atoms with E-state index in [0.29, 0.717) is 11.3 Å². The van der Waals surface area contributed by atoms with Gasteiger partial charge in [0.2, 0.25) is 0 Å². The Kier molecular flexibility index (Phi) is 2.37. The van der Waals surface area contributed by atoms with Gasteiger partial charge < -0.3 is 9.84 Å². The monoisotopic (exact) mass is 224 g/mol. The summed E-state index contributed by atoms with van der Waals surface area (Å²) in [6.45, 7) is 3.39. The van der Waals surface area contributed by atoms with Crippen LogP contribution in [0.25, 0.3) is 0 Å². The van der Waals surface area contributed by atoms with E-state index in [1.807, 2.05) is 0 Å². The molecule has 1 heterocycles. The number of hydrogen-bond donors (Lipinski definition) is 1. The number of halogens is 1. The maximum Gasteiger partial charge on any atom is 0.309 e. The van der Waals surface area contributed by atoms with Gasteiger partial charge in [-0.15, -0.1) is 0 Å². The maximum atomic E-state index is 13.7. The minimum atomic E-state index is -1.03. The molecule has 1 N–H and O–H groups in total. The van der Waals surface area contributed by atoms with Crippen molar-refractivity contribution in [1.29, 1.82) is 0 Å². The van der Waals surface area contributed by atoms with Crippen molar-refractivity contribution in [3.8, 4) is 5.75 Å². The number of carboxylic acids is 1. The number of aliphatic carboxylic acids is 1. The Balaban J connectivity index is 2.48. The molecule has 0 amide bonds. The Hall–Kier alpha value is -1.58. The van der Waals surface area contributed by atoms with Crippen LogP contribution < -0.4 is 4.74 Å². The molecule has 0 spiro atoms. The number of hydrogen-bond acceptors (Lipinski definition) is 2. The number of ether oxygens (including phenoxy) is 1. The maximum absolute atomic E-state index is 13.7. The zero-order valence-electron chi connectivity index (χ0n) is 9.16. The molecule has 0 bridgehead atoms. The molecule has 0 saturated heterocycles. The lowest BCUT2D eigenvalue weighted by molar-refractivity contribution is -0.148. The Morgan fingerprint density at radius 1 is 1.56 bits per heavy atom. The van der Waals surface area contributed by atoms with E-state index in [0.717, 1.165) is 0 Å². The summed E-state index contributed by atoms with van der Waals surface area (Å²) in [4.78, 5) is 11.2. The molecule has 0 aliphatic carbocycles. The first-order valence-corrected chi connectivity index (χ1v) is 5.09. The molecule has 3 nitrogen and oxygen atoms in total. The first-order chi connectivity index (χ1) is 7.44. The van der Waals surface area contributed by atoms with Gasteiger partial charge in [0.05, 0.1) is 12.0 Å². The fraction of sp³-hybridized carbons (Fsp3) is 0.417. The molecule has 2 rings (SSSR count). The first-order valence-electron chi connectivity index (χ1n) is 5.09. The molecule has 0 aromatic heterocycles. The lowest BCUT2D eigenvalue weighted by Gasteiger charge is -2.25. The number of benzene rings is 1. The zero-order valence-corrected chi connectivity index (χ0v) is 9.16. The van der Waals surface area contributed by atoms with E-state index in [2.05, 4.69) is 0 Å².